The minimum Gasteiger partial charge on any atom is -0.475 e. The van der Waals surface area contributed by atoms with Gasteiger partial charge in [0.2, 0.25) is 5.88 Å². The summed E-state index contributed by atoms with van der Waals surface area (Å²) in [5.41, 5.74) is 0. The molecule has 0 aliphatic carbocycles. The monoisotopic (exact) mass is 230 g/mol. The van der Waals surface area contributed by atoms with E-state index in [-0.39, 0.29) is 10.9 Å². The van der Waals surface area contributed by atoms with Crippen LogP contribution in [0.4, 0.5) is 4.39 Å². The van der Waals surface area contributed by atoms with Gasteiger partial charge in [-0.25, -0.2) is 9.37 Å². The van der Waals surface area contributed by atoms with E-state index in [1.807, 2.05) is 0 Å². The first kappa shape index (κ1) is 10.6. The second kappa shape index (κ2) is 4.77. The Kier molecular flexibility index (Phi) is 3.38. The smallest absolute Gasteiger partial charge is 0.250 e. The van der Waals surface area contributed by atoms with Crippen LogP contribution in [0.15, 0.2) is 12.3 Å². The molecule has 1 aromatic heterocycles. The lowest BCUT2D eigenvalue weighted by Gasteiger charge is -2.10. The van der Waals surface area contributed by atoms with Crippen molar-refractivity contribution in [3.8, 4) is 5.88 Å². The number of hydrogen-bond acceptors (Lipinski definition) is 3. The first-order valence-corrected chi connectivity index (χ1v) is 5.28. The maximum Gasteiger partial charge on any atom is 0.250 e. The van der Waals surface area contributed by atoms with E-state index in [9.17, 15) is 4.39 Å². The van der Waals surface area contributed by atoms with Gasteiger partial charge in [0, 0.05) is 18.7 Å². The number of aromatic nitrogens is 1. The molecule has 0 aromatic carbocycles. The second-order valence-electron chi connectivity index (χ2n) is 3.61. The zero-order chi connectivity index (χ0) is 10.7. The normalized spacial score (nSPS) is 20.5. The summed E-state index contributed by atoms with van der Waals surface area (Å²) >= 11 is 5.58. The van der Waals surface area contributed by atoms with Crippen LogP contribution in [0, 0.1) is 11.7 Å². The molecule has 0 saturated carbocycles. The summed E-state index contributed by atoms with van der Waals surface area (Å²) in [7, 11) is 0. The molecule has 1 saturated heterocycles. The fourth-order valence-electron chi connectivity index (χ4n) is 1.56. The number of nitrogens with one attached hydrogen (secondary N) is 1. The van der Waals surface area contributed by atoms with Crippen molar-refractivity contribution in [2.45, 2.75) is 6.42 Å². The van der Waals surface area contributed by atoms with E-state index in [0.717, 1.165) is 19.5 Å². The predicted molar refractivity (Wildman–Crippen MR) is 55.7 cm³/mol. The van der Waals surface area contributed by atoms with Crippen molar-refractivity contribution in [3.63, 3.8) is 0 Å². The molecule has 0 radical (unpaired) electrons. The lowest BCUT2D eigenvalue weighted by Crippen LogP contribution is -2.16. The van der Waals surface area contributed by atoms with E-state index in [0.29, 0.717) is 12.5 Å². The largest absolute Gasteiger partial charge is 0.475 e. The van der Waals surface area contributed by atoms with Crippen LogP contribution in [0.1, 0.15) is 6.42 Å². The van der Waals surface area contributed by atoms with Gasteiger partial charge in [0.05, 0.1) is 11.6 Å². The zero-order valence-electron chi connectivity index (χ0n) is 8.17. The maximum absolute atomic E-state index is 13.2. The van der Waals surface area contributed by atoms with Gasteiger partial charge in [-0.05, 0) is 19.0 Å². The van der Waals surface area contributed by atoms with Crippen LogP contribution in [-0.4, -0.2) is 24.7 Å². The molecule has 1 aliphatic rings. The van der Waals surface area contributed by atoms with Crippen LogP contribution >= 0.6 is 11.6 Å². The van der Waals surface area contributed by atoms with Gasteiger partial charge in [0.25, 0.3) is 0 Å². The third kappa shape index (κ3) is 2.79. The standard InChI is InChI=1S/C10H12ClFN2O/c11-8-3-9(12)10(14-5-8)15-6-7-1-2-13-4-7/h3,5,7,13H,1-2,4,6H2. The highest BCUT2D eigenvalue weighted by Crippen LogP contribution is 2.18. The molecular weight excluding hydrogens is 219 g/mol. The van der Waals surface area contributed by atoms with Gasteiger partial charge in [0.15, 0.2) is 5.82 Å². The van der Waals surface area contributed by atoms with Crippen LogP contribution in [0.5, 0.6) is 5.88 Å². The highest BCUT2D eigenvalue weighted by molar-refractivity contribution is 6.30. The Morgan fingerprint density at radius 3 is 3.20 bits per heavy atom. The van der Waals surface area contributed by atoms with Crippen molar-refractivity contribution in [2.24, 2.45) is 5.92 Å². The number of nitrogens with zero attached hydrogens (tertiary/aromatic N) is 1. The molecule has 0 amide bonds. The Morgan fingerprint density at radius 2 is 2.53 bits per heavy atom. The summed E-state index contributed by atoms with van der Waals surface area (Å²) in [5.74, 6) is -0.0263. The number of ether oxygens (including phenoxy) is 1. The molecule has 2 heterocycles. The second-order valence-corrected chi connectivity index (χ2v) is 4.05. The topological polar surface area (TPSA) is 34.1 Å². The first-order chi connectivity index (χ1) is 7.25. The molecule has 3 nitrogen and oxygen atoms in total. The van der Waals surface area contributed by atoms with Crippen LogP contribution in [0.3, 0.4) is 0 Å². The van der Waals surface area contributed by atoms with Crippen molar-refractivity contribution in [2.75, 3.05) is 19.7 Å². The fraction of sp³-hybridized carbons (Fsp3) is 0.500. The van der Waals surface area contributed by atoms with E-state index in [1.165, 1.54) is 12.3 Å². The quantitative estimate of drug-likeness (QED) is 0.861. The van der Waals surface area contributed by atoms with Gasteiger partial charge >= 0.3 is 0 Å². The van der Waals surface area contributed by atoms with Crippen LogP contribution < -0.4 is 10.1 Å². The Labute approximate surface area is 92.6 Å². The Morgan fingerprint density at radius 1 is 1.67 bits per heavy atom. The van der Waals surface area contributed by atoms with Gasteiger partial charge in [-0.15, -0.1) is 0 Å². The van der Waals surface area contributed by atoms with Gasteiger partial charge < -0.3 is 10.1 Å². The Hall–Kier alpha value is -0.870. The maximum atomic E-state index is 13.2. The summed E-state index contributed by atoms with van der Waals surface area (Å²) in [6.07, 6.45) is 2.45. The molecular formula is C10H12ClFN2O. The van der Waals surface area contributed by atoms with Crippen molar-refractivity contribution in [1.29, 1.82) is 0 Å². The summed E-state index contributed by atoms with van der Waals surface area (Å²) in [6.45, 7) is 2.43. The molecule has 15 heavy (non-hydrogen) atoms. The third-order valence-electron chi connectivity index (χ3n) is 2.39. The summed E-state index contributed by atoms with van der Waals surface area (Å²) in [4.78, 5) is 3.79. The highest BCUT2D eigenvalue weighted by Gasteiger charge is 2.16. The molecule has 82 valence electrons. The predicted octanol–water partition coefficient (Wildman–Crippen LogP) is 1.86. The van der Waals surface area contributed by atoms with Crippen LogP contribution in [0.2, 0.25) is 5.02 Å². The first-order valence-electron chi connectivity index (χ1n) is 4.90. The number of halogens is 2. The Bertz CT molecular complexity index is 342. The van der Waals surface area contributed by atoms with Gasteiger partial charge in [-0.1, -0.05) is 11.6 Å². The summed E-state index contributed by atoms with van der Waals surface area (Å²) in [5, 5.41) is 3.50. The molecule has 1 fully saturated rings. The van der Waals surface area contributed by atoms with Gasteiger partial charge in [0.1, 0.15) is 0 Å². The minimum absolute atomic E-state index is 0.0336. The molecule has 0 bridgehead atoms. The van der Waals surface area contributed by atoms with Crippen molar-refractivity contribution >= 4 is 11.6 Å². The van der Waals surface area contributed by atoms with Crippen LogP contribution in [-0.2, 0) is 0 Å². The van der Waals surface area contributed by atoms with E-state index in [2.05, 4.69) is 10.3 Å². The van der Waals surface area contributed by atoms with E-state index in [4.69, 9.17) is 16.3 Å². The molecule has 1 unspecified atom stereocenters. The fourth-order valence-corrected chi connectivity index (χ4v) is 1.71. The third-order valence-corrected chi connectivity index (χ3v) is 2.60. The lowest BCUT2D eigenvalue weighted by molar-refractivity contribution is 0.239. The number of pyridine rings is 1. The SMILES string of the molecule is Fc1cc(Cl)cnc1OCC1CCNC1. The molecule has 1 aliphatic heterocycles. The van der Waals surface area contributed by atoms with Gasteiger partial charge in [-0.3, -0.25) is 0 Å². The molecule has 2 rings (SSSR count). The van der Waals surface area contributed by atoms with E-state index in [1.54, 1.807) is 0 Å². The molecule has 0 spiro atoms. The lowest BCUT2D eigenvalue weighted by atomic mass is 10.1. The summed E-state index contributed by atoms with van der Waals surface area (Å²) < 4.78 is 18.5. The molecule has 1 aromatic rings. The molecule has 5 heteroatoms. The number of hydrogen-bond donors (Lipinski definition) is 1. The van der Waals surface area contributed by atoms with Crippen molar-refractivity contribution in [3.05, 3.63) is 23.1 Å². The highest BCUT2D eigenvalue weighted by atomic mass is 35.5. The number of rotatable bonds is 3. The van der Waals surface area contributed by atoms with Crippen LogP contribution in [0.25, 0.3) is 0 Å². The Balaban J connectivity index is 1.92. The molecule has 1 N–H and O–H groups in total. The average molecular weight is 231 g/mol. The minimum atomic E-state index is -0.506. The molecule has 1 atom stereocenters. The van der Waals surface area contributed by atoms with E-state index >= 15 is 0 Å². The van der Waals surface area contributed by atoms with Crippen molar-refractivity contribution < 1.29 is 9.13 Å². The van der Waals surface area contributed by atoms with E-state index < -0.39 is 5.82 Å². The average Bonchev–Trinajstić information content (AvgIpc) is 2.69. The summed E-state index contributed by atoms with van der Waals surface area (Å²) in [6, 6.07) is 1.21. The van der Waals surface area contributed by atoms with Crippen molar-refractivity contribution in [1.82, 2.24) is 10.3 Å². The van der Waals surface area contributed by atoms with Gasteiger partial charge in [-0.2, -0.15) is 0 Å². The zero-order valence-corrected chi connectivity index (χ0v) is 8.93.